The van der Waals surface area contributed by atoms with E-state index in [-0.39, 0.29) is 5.69 Å². The molecule has 1 rings (SSSR count). The first-order valence-electron chi connectivity index (χ1n) is 6.55. The van der Waals surface area contributed by atoms with Crippen LogP contribution in [0.2, 0.25) is 0 Å². The minimum absolute atomic E-state index is 0.00740. The van der Waals surface area contributed by atoms with Crippen molar-refractivity contribution >= 4 is 17.5 Å². The Hall–Kier alpha value is -2.09. The first-order chi connectivity index (χ1) is 10.3. The van der Waals surface area contributed by atoms with Crippen molar-refractivity contribution in [3.05, 3.63) is 29.8 Å². The zero-order valence-electron chi connectivity index (χ0n) is 12.0. The molecule has 0 aliphatic rings. The van der Waals surface area contributed by atoms with E-state index in [1.54, 1.807) is 0 Å². The van der Waals surface area contributed by atoms with Crippen LogP contribution in [0.5, 0.6) is 0 Å². The van der Waals surface area contributed by atoms with Crippen molar-refractivity contribution in [3.8, 4) is 0 Å². The van der Waals surface area contributed by atoms with Crippen molar-refractivity contribution in [3.63, 3.8) is 0 Å². The van der Waals surface area contributed by atoms with Gasteiger partial charge in [-0.25, -0.2) is 0 Å². The van der Waals surface area contributed by atoms with Crippen LogP contribution in [0.1, 0.15) is 18.4 Å². The Morgan fingerprint density at radius 1 is 1.23 bits per heavy atom. The van der Waals surface area contributed by atoms with Crippen LogP contribution < -0.4 is 10.6 Å². The molecule has 0 aliphatic heterocycles. The molecule has 0 atom stereocenters. The lowest BCUT2D eigenvalue weighted by Gasteiger charge is -2.10. The number of nitrogens with one attached hydrogen (secondary N) is 2. The second kappa shape index (κ2) is 8.38. The van der Waals surface area contributed by atoms with Crippen molar-refractivity contribution in [2.24, 2.45) is 0 Å². The first-order valence-corrected chi connectivity index (χ1v) is 6.55. The molecule has 122 valence electrons. The van der Waals surface area contributed by atoms with Crippen LogP contribution in [0.25, 0.3) is 0 Å². The molecule has 0 unspecified atom stereocenters. The van der Waals surface area contributed by atoms with Crippen LogP contribution in [-0.2, 0) is 20.5 Å². The number of halogens is 3. The summed E-state index contributed by atoms with van der Waals surface area (Å²) in [5, 5.41) is 4.77. The summed E-state index contributed by atoms with van der Waals surface area (Å²) in [7, 11) is 1.53. The fourth-order valence-corrected chi connectivity index (χ4v) is 1.63. The second-order valence-electron chi connectivity index (χ2n) is 4.50. The number of ether oxygens (including phenoxy) is 1. The molecule has 0 bridgehead atoms. The van der Waals surface area contributed by atoms with Gasteiger partial charge in [0.2, 0.25) is 11.8 Å². The van der Waals surface area contributed by atoms with Gasteiger partial charge in [-0.05, 0) is 24.6 Å². The SMILES string of the molecule is COCCCNC(=O)CC(=O)Nc1cccc(C(F)(F)F)c1. The zero-order chi connectivity index (χ0) is 16.6. The number of alkyl halides is 3. The Labute approximate surface area is 125 Å². The molecular formula is C14H17F3N2O3. The molecule has 0 aliphatic carbocycles. The smallest absolute Gasteiger partial charge is 0.385 e. The van der Waals surface area contributed by atoms with Gasteiger partial charge >= 0.3 is 6.18 Å². The molecular weight excluding hydrogens is 301 g/mol. The van der Waals surface area contributed by atoms with Crippen molar-refractivity contribution in [1.82, 2.24) is 5.32 Å². The standard InChI is InChI=1S/C14H17F3N2O3/c1-22-7-3-6-18-12(20)9-13(21)19-11-5-2-4-10(8-11)14(15,16)17/h2,4-5,8H,3,6-7,9H2,1H3,(H,18,20)(H,19,21). The molecule has 2 N–H and O–H groups in total. The van der Waals surface area contributed by atoms with Crippen molar-refractivity contribution in [2.75, 3.05) is 25.6 Å². The lowest BCUT2D eigenvalue weighted by atomic mass is 10.2. The van der Waals surface area contributed by atoms with Gasteiger partial charge in [0.15, 0.2) is 0 Å². The predicted molar refractivity (Wildman–Crippen MR) is 74.2 cm³/mol. The lowest BCUT2D eigenvalue weighted by molar-refractivity contribution is -0.137. The van der Waals surface area contributed by atoms with Crippen LogP contribution in [0.15, 0.2) is 24.3 Å². The number of methoxy groups -OCH3 is 1. The van der Waals surface area contributed by atoms with Gasteiger partial charge in [-0.15, -0.1) is 0 Å². The third kappa shape index (κ3) is 6.57. The van der Waals surface area contributed by atoms with Gasteiger partial charge < -0.3 is 15.4 Å². The van der Waals surface area contributed by atoms with E-state index in [4.69, 9.17) is 4.74 Å². The van der Waals surface area contributed by atoms with E-state index in [0.29, 0.717) is 19.6 Å². The number of carbonyl (C=O) groups is 2. The summed E-state index contributed by atoms with van der Waals surface area (Å²) in [5.41, 5.74) is -0.874. The maximum Gasteiger partial charge on any atom is 0.416 e. The molecule has 0 fully saturated rings. The van der Waals surface area contributed by atoms with Gasteiger partial charge in [0.25, 0.3) is 0 Å². The molecule has 5 nitrogen and oxygen atoms in total. The Kier molecular flexibility index (Phi) is 6.84. The summed E-state index contributed by atoms with van der Waals surface area (Å²) >= 11 is 0. The van der Waals surface area contributed by atoms with E-state index in [0.717, 1.165) is 12.1 Å². The van der Waals surface area contributed by atoms with E-state index in [2.05, 4.69) is 10.6 Å². The van der Waals surface area contributed by atoms with Crippen LogP contribution in [0, 0.1) is 0 Å². The fraction of sp³-hybridized carbons (Fsp3) is 0.429. The highest BCUT2D eigenvalue weighted by Gasteiger charge is 2.30. The fourth-order valence-electron chi connectivity index (χ4n) is 1.63. The number of hydrogen-bond donors (Lipinski definition) is 2. The number of carbonyl (C=O) groups excluding carboxylic acids is 2. The van der Waals surface area contributed by atoms with E-state index in [9.17, 15) is 22.8 Å². The third-order valence-electron chi connectivity index (χ3n) is 2.64. The molecule has 0 radical (unpaired) electrons. The van der Waals surface area contributed by atoms with Crippen molar-refractivity contribution in [2.45, 2.75) is 19.0 Å². The number of hydrogen-bond acceptors (Lipinski definition) is 3. The second-order valence-corrected chi connectivity index (χ2v) is 4.50. The summed E-state index contributed by atoms with van der Waals surface area (Å²) < 4.78 is 42.4. The Balaban J connectivity index is 2.46. The molecule has 0 aromatic heterocycles. The number of amides is 2. The Morgan fingerprint density at radius 2 is 1.95 bits per heavy atom. The molecule has 1 aromatic rings. The summed E-state index contributed by atoms with van der Waals surface area (Å²) in [4.78, 5) is 23.0. The molecule has 22 heavy (non-hydrogen) atoms. The number of anilines is 1. The topological polar surface area (TPSA) is 67.4 Å². The predicted octanol–water partition coefficient (Wildman–Crippen LogP) is 2.19. The van der Waals surface area contributed by atoms with E-state index in [1.165, 1.54) is 19.2 Å². The minimum atomic E-state index is -4.49. The van der Waals surface area contributed by atoms with Gasteiger partial charge in [0.1, 0.15) is 6.42 Å². The first kappa shape index (κ1) is 18.0. The molecule has 0 spiro atoms. The highest BCUT2D eigenvalue weighted by atomic mass is 19.4. The molecule has 0 saturated carbocycles. The van der Waals surface area contributed by atoms with Gasteiger partial charge in [-0.3, -0.25) is 9.59 Å². The van der Waals surface area contributed by atoms with Crippen molar-refractivity contribution in [1.29, 1.82) is 0 Å². The maximum absolute atomic E-state index is 12.5. The lowest BCUT2D eigenvalue weighted by Crippen LogP contribution is -2.29. The zero-order valence-corrected chi connectivity index (χ0v) is 12.0. The number of benzene rings is 1. The maximum atomic E-state index is 12.5. The summed E-state index contributed by atoms with van der Waals surface area (Å²) in [6.07, 6.45) is -4.33. The van der Waals surface area contributed by atoms with Gasteiger partial charge in [0, 0.05) is 25.9 Å². The summed E-state index contributed by atoms with van der Waals surface area (Å²) in [6, 6.07) is 4.22. The van der Waals surface area contributed by atoms with Crippen LogP contribution >= 0.6 is 0 Å². The average Bonchev–Trinajstić information content (AvgIpc) is 2.43. The highest BCUT2D eigenvalue weighted by molar-refractivity contribution is 6.03. The van der Waals surface area contributed by atoms with Crippen LogP contribution in [-0.4, -0.2) is 32.1 Å². The van der Waals surface area contributed by atoms with Crippen molar-refractivity contribution < 1.29 is 27.5 Å². The van der Waals surface area contributed by atoms with E-state index < -0.39 is 30.0 Å². The van der Waals surface area contributed by atoms with E-state index >= 15 is 0 Å². The number of rotatable bonds is 7. The molecule has 2 amide bonds. The van der Waals surface area contributed by atoms with Gasteiger partial charge in [-0.2, -0.15) is 13.2 Å². The molecule has 0 saturated heterocycles. The Bertz CT molecular complexity index is 518. The van der Waals surface area contributed by atoms with Gasteiger partial charge in [0.05, 0.1) is 5.56 Å². The average molecular weight is 318 g/mol. The van der Waals surface area contributed by atoms with Crippen LogP contribution in [0.4, 0.5) is 18.9 Å². The Morgan fingerprint density at radius 3 is 2.59 bits per heavy atom. The minimum Gasteiger partial charge on any atom is -0.385 e. The highest BCUT2D eigenvalue weighted by Crippen LogP contribution is 2.30. The van der Waals surface area contributed by atoms with Gasteiger partial charge in [-0.1, -0.05) is 6.07 Å². The largest absolute Gasteiger partial charge is 0.416 e. The quantitative estimate of drug-likeness (QED) is 0.598. The summed E-state index contributed by atoms with van der Waals surface area (Å²) in [6.45, 7) is 0.847. The third-order valence-corrected chi connectivity index (χ3v) is 2.64. The molecule has 8 heteroatoms. The summed E-state index contributed by atoms with van der Waals surface area (Å²) in [5.74, 6) is -1.18. The molecule has 0 heterocycles. The van der Waals surface area contributed by atoms with E-state index in [1.807, 2.05) is 0 Å². The normalized spacial score (nSPS) is 11.1. The monoisotopic (exact) mass is 318 g/mol. The molecule has 1 aromatic carbocycles. The van der Waals surface area contributed by atoms with Crippen LogP contribution in [0.3, 0.4) is 0 Å².